The maximum absolute atomic E-state index is 12.4. The highest BCUT2D eigenvalue weighted by molar-refractivity contribution is 5.99. The van der Waals surface area contributed by atoms with Crippen molar-refractivity contribution < 1.29 is 4.79 Å². The highest BCUT2D eigenvalue weighted by atomic mass is 16.1. The molecule has 0 bridgehead atoms. The van der Waals surface area contributed by atoms with Gasteiger partial charge in [0.1, 0.15) is 0 Å². The summed E-state index contributed by atoms with van der Waals surface area (Å²) in [5, 5.41) is 6.32. The molecule has 2 N–H and O–H groups in total. The zero-order valence-corrected chi connectivity index (χ0v) is 12.7. The molecule has 0 saturated heterocycles. The van der Waals surface area contributed by atoms with Crippen molar-refractivity contribution in [3.63, 3.8) is 0 Å². The number of amides is 1. The Kier molecular flexibility index (Phi) is 4.98. The zero-order valence-electron chi connectivity index (χ0n) is 12.7. The molecule has 1 heterocycles. The van der Waals surface area contributed by atoms with Crippen molar-refractivity contribution in [2.24, 2.45) is 0 Å². The fourth-order valence-corrected chi connectivity index (χ4v) is 2.18. The summed E-state index contributed by atoms with van der Waals surface area (Å²) >= 11 is 0. The van der Waals surface area contributed by atoms with Crippen LogP contribution in [-0.2, 0) is 6.54 Å². The SMILES string of the molecule is CC(C)Nc1ccccc1C(=O)NC(C)Cn1ccnc1. The molecule has 112 valence electrons. The van der Waals surface area contributed by atoms with Gasteiger partial charge in [-0.25, -0.2) is 4.98 Å². The van der Waals surface area contributed by atoms with E-state index >= 15 is 0 Å². The van der Waals surface area contributed by atoms with Crippen molar-refractivity contribution in [2.75, 3.05) is 5.32 Å². The van der Waals surface area contributed by atoms with Crippen LogP contribution in [0.15, 0.2) is 43.0 Å². The van der Waals surface area contributed by atoms with Crippen molar-refractivity contribution in [3.05, 3.63) is 48.5 Å². The van der Waals surface area contributed by atoms with Crippen molar-refractivity contribution in [1.29, 1.82) is 0 Å². The summed E-state index contributed by atoms with van der Waals surface area (Å²) < 4.78 is 1.95. The molecule has 0 aliphatic heterocycles. The number of imidazole rings is 1. The van der Waals surface area contributed by atoms with Gasteiger partial charge in [0.25, 0.3) is 5.91 Å². The predicted octanol–water partition coefficient (Wildman–Crippen LogP) is 2.52. The minimum Gasteiger partial charge on any atom is -0.382 e. The lowest BCUT2D eigenvalue weighted by atomic mass is 10.1. The first-order valence-corrected chi connectivity index (χ1v) is 7.18. The van der Waals surface area contributed by atoms with Crippen molar-refractivity contribution in [3.8, 4) is 0 Å². The van der Waals surface area contributed by atoms with Crippen LogP contribution in [0.5, 0.6) is 0 Å². The van der Waals surface area contributed by atoms with Crippen LogP contribution in [0, 0.1) is 0 Å². The summed E-state index contributed by atoms with van der Waals surface area (Å²) in [4.78, 5) is 16.4. The molecular formula is C16H22N4O. The van der Waals surface area contributed by atoms with Gasteiger partial charge in [0.05, 0.1) is 11.9 Å². The van der Waals surface area contributed by atoms with Gasteiger partial charge in [-0.15, -0.1) is 0 Å². The van der Waals surface area contributed by atoms with E-state index in [0.29, 0.717) is 12.1 Å². The maximum Gasteiger partial charge on any atom is 0.253 e. The lowest BCUT2D eigenvalue weighted by Gasteiger charge is -2.18. The van der Waals surface area contributed by atoms with Crippen LogP contribution >= 0.6 is 0 Å². The molecule has 0 fully saturated rings. The Balaban J connectivity index is 2.02. The minimum absolute atomic E-state index is 0.0267. The third kappa shape index (κ3) is 4.34. The molecule has 0 spiro atoms. The van der Waals surface area contributed by atoms with Crippen LogP contribution in [0.3, 0.4) is 0 Å². The molecule has 1 unspecified atom stereocenters. The molecule has 5 nitrogen and oxygen atoms in total. The van der Waals surface area contributed by atoms with Gasteiger partial charge in [0.15, 0.2) is 0 Å². The number of para-hydroxylation sites is 1. The molecule has 1 amide bonds. The second-order valence-corrected chi connectivity index (χ2v) is 5.48. The molecule has 0 aliphatic carbocycles. The second kappa shape index (κ2) is 6.92. The number of hydrogen-bond acceptors (Lipinski definition) is 3. The van der Waals surface area contributed by atoms with E-state index in [2.05, 4.69) is 29.5 Å². The predicted molar refractivity (Wildman–Crippen MR) is 84.4 cm³/mol. The number of nitrogens with one attached hydrogen (secondary N) is 2. The van der Waals surface area contributed by atoms with Crippen molar-refractivity contribution >= 4 is 11.6 Å². The van der Waals surface area contributed by atoms with E-state index in [1.165, 1.54) is 0 Å². The minimum atomic E-state index is -0.0636. The summed E-state index contributed by atoms with van der Waals surface area (Å²) in [7, 11) is 0. The highest BCUT2D eigenvalue weighted by Crippen LogP contribution is 2.16. The zero-order chi connectivity index (χ0) is 15.2. The second-order valence-electron chi connectivity index (χ2n) is 5.48. The maximum atomic E-state index is 12.4. The number of rotatable bonds is 6. The van der Waals surface area contributed by atoms with Gasteiger partial charge in [-0.1, -0.05) is 12.1 Å². The first-order chi connectivity index (χ1) is 10.1. The molecule has 0 saturated carbocycles. The number of carbonyl (C=O) groups excluding carboxylic acids is 1. The summed E-state index contributed by atoms with van der Waals surface area (Å²) in [5.41, 5.74) is 1.53. The first kappa shape index (κ1) is 15.1. The standard InChI is InChI=1S/C16H22N4O/c1-12(2)18-15-7-5-4-6-14(15)16(21)19-13(3)10-20-9-8-17-11-20/h4-9,11-13,18H,10H2,1-3H3,(H,19,21). The lowest BCUT2D eigenvalue weighted by Crippen LogP contribution is -2.36. The van der Waals surface area contributed by atoms with E-state index in [1.807, 2.05) is 42.0 Å². The average molecular weight is 286 g/mol. The fourth-order valence-electron chi connectivity index (χ4n) is 2.18. The van der Waals surface area contributed by atoms with Gasteiger partial charge in [-0.05, 0) is 32.9 Å². The van der Waals surface area contributed by atoms with Crippen LogP contribution in [0.2, 0.25) is 0 Å². The van der Waals surface area contributed by atoms with E-state index < -0.39 is 0 Å². The van der Waals surface area contributed by atoms with Crippen LogP contribution in [0.25, 0.3) is 0 Å². The van der Waals surface area contributed by atoms with Crippen LogP contribution in [-0.4, -0.2) is 27.5 Å². The molecule has 0 radical (unpaired) electrons. The largest absolute Gasteiger partial charge is 0.382 e. The topological polar surface area (TPSA) is 59.0 Å². The Bertz CT molecular complexity index is 578. The molecule has 2 rings (SSSR count). The Hall–Kier alpha value is -2.30. The van der Waals surface area contributed by atoms with E-state index in [0.717, 1.165) is 5.69 Å². The molecule has 1 aromatic carbocycles. The Morgan fingerprint density at radius 2 is 2.05 bits per heavy atom. The summed E-state index contributed by atoms with van der Waals surface area (Å²) in [5.74, 6) is -0.0636. The van der Waals surface area contributed by atoms with E-state index in [9.17, 15) is 4.79 Å². The third-order valence-electron chi connectivity index (χ3n) is 3.04. The monoisotopic (exact) mass is 286 g/mol. The molecule has 21 heavy (non-hydrogen) atoms. The van der Waals surface area contributed by atoms with Crippen LogP contribution < -0.4 is 10.6 Å². The first-order valence-electron chi connectivity index (χ1n) is 7.18. The summed E-state index contributed by atoms with van der Waals surface area (Å²) in [6.45, 7) is 6.79. The van der Waals surface area contributed by atoms with Gasteiger partial charge in [0, 0.05) is 36.7 Å². The quantitative estimate of drug-likeness (QED) is 0.858. The molecule has 1 atom stereocenters. The van der Waals surface area contributed by atoms with Gasteiger partial charge < -0.3 is 15.2 Å². The van der Waals surface area contributed by atoms with Crippen molar-refractivity contribution in [2.45, 2.75) is 39.4 Å². The number of hydrogen-bond donors (Lipinski definition) is 2. The number of benzene rings is 1. The third-order valence-corrected chi connectivity index (χ3v) is 3.04. The number of aromatic nitrogens is 2. The molecule has 0 aliphatic rings. The molecule has 5 heteroatoms. The fraction of sp³-hybridized carbons (Fsp3) is 0.375. The Labute approximate surface area is 125 Å². The normalized spacial score (nSPS) is 12.2. The van der Waals surface area contributed by atoms with Gasteiger partial charge in [-0.3, -0.25) is 4.79 Å². The van der Waals surface area contributed by atoms with Gasteiger partial charge in [-0.2, -0.15) is 0 Å². The van der Waals surface area contributed by atoms with Crippen LogP contribution in [0.4, 0.5) is 5.69 Å². The Morgan fingerprint density at radius 3 is 2.71 bits per heavy atom. The average Bonchev–Trinajstić information content (AvgIpc) is 2.91. The number of nitrogens with zero attached hydrogens (tertiary/aromatic N) is 2. The van der Waals surface area contributed by atoms with Gasteiger partial charge in [0.2, 0.25) is 0 Å². The van der Waals surface area contributed by atoms with Crippen LogP contribution in [0.1, 0.15) is 31.1 Å². The van der Waals surface area contributed by atoms with E-state index in [1.54, 1.807) is 12.5 Å². The van der Waals surface area contributed by atoms with E-state index in [-0.39, 0.29) is 18.0 Å². The molecule has 2 aromatic rings. The molecule has 1 aromatic heterocycles. The summed E-state index contributed by atoms with van der Waals surface area (Å²) in [6, 6.07) is 7.87. The number of anilines is 1. The van der Waals surface area contributed by atoms with Crippen molar-refractivity contribution in [1.82, 2.24) is 14.9 Å². The lowest BCUT2D eigenvalue weighted by molar-refractivity contribution is 0.0937. The summed E-state index contributed by atoms with van der Waals surface area (Å²) in [6.07, 6.45) is 5.37. The highest BCUT2D eigenvalue weighted by Gasteiger charge is 2.14. The van der Waals surface area contributed by atoms with E-state index in [4.69, 9.17) is 0 Å². The molecular weight excluding hydrogens is 264 g/mol. The smallest absolute Gasteiger partial charge is 0.253 e. The van der Waals surface area contributed by atoms with Gasteiger partial charge >= 0.3 is 0 Å². The number of carbonyl (C=O) groups is 1. The Morgan fingerprint density at radius 1 is 1.29 bits per heavy atom.